The fourth-order valence-corrected chi connectivity index (χ4v) is 2.09. The van der Waals surface area contributed by atoms with E-state index in [9.17, 15) is 31.1 Å². The molecule has 1 aliphatic carbocycles. The SMILES string of the molecule is O=C(O)C(F)(F)F.O=C(O)[C@@H]1C[C@@H]2[C@H](N1)[C@H]2C(F)(F)F. The number of rotatable bonds is 1. The van der Waals surface area contributed by atoms with Crippen LogP contribution in [0.5, 0.6) is 0 Å². The van der Waals surface area contributed by atoms with Crippen LogP contribution in [0.4, 0.5) is 26.3 Å². The van der Waals surface area contributed by atoms with Crippen LogP contribution in [0.3, 0.4) is 0 Å². The number of nitrogens with one attached hydrogen (secondary N) is 1. The lowest BCUT2D eigenvalue weighted by molar-refractivity contribution is -0.192. The predicted octanol–water partition coefficient (Wildman–Crippen LogP) is 1.24. The number of piperidine rings is 1. The Hall–Kier alpha value is -1.52. The molecule has 4 atom stereocenters. The monoisotopic (exact) mass is 309 g/mol. The number of aliphatic carboxylic acids is 2. The fourth-order valence-electron chi connectivity index (χ4n) is 2.09. The summed E-state index contributed by atoms with van der Waals surface area (Å²) in [5.74, 6) is -5.65. The topological polar surface area (TPSA) is 86.6 Å². The third-order valence-corrected chi connectivity index (χ3v) is 2.99. The quantitative estimate of drug-likeness (QED) is 0.635. The summed E-state index contributed by atoms with van der Waals surface area (Å²) in [5.41, 5.74) is 0. The van der Waals surface area contributed by atoms with Gasteiger partial charge in [-0.25, -0.2) is 4.79 Å². The first-order valence-corrected chi connectivity index (χ1v) is 5.21. The third-order valence-electron chi connectivity index (χ3n) is 2.99. The minimum Gasteiger partial charge on any atom is -0.480 e. The number of carbonyl (C=O) groups is 2. The summed E-state index contributed by atoms with van der Waals surface area (Å²) in [6.45, 7) is 0. The first-order valence-electron chi connectivity index (χ1n) is 5.21. The molecule has 0 amide bonds. The Morgan fingerprint density at radius 1 is 1.05 bits per heavy atom. The Labute approximate surface area is 107 Å². The van der Waals surface area contributed by atoms with Crippen molar-refractivity contribution in [1.29, 1.82) is 0 Å². The van der Waals surface area contributed by atoms with E-state index in [4.69, 9.17) is 15.0 Å². The van der Waals surface area contributed by atoms with Crippen molar-refractivity contribution in [2.45, 2.75) is 30.9 Å². The molecule has 0 aromatic rings. The second kappa shape index (κ2) is 5.11. The zero-order valence-corrected chi connectivity index (χ0v) is 9.50. The summed E-state index contributed by atoms with van der Waals surface area (Å²) in [7, 11) is 0. The summed E-state index contributed by atoms with van der Waals surface area (Å²) < 4.78 is 68.0. The molecule has 3 N–H and O–H groups in total. The van der Waals surface area contributed by atoms with Gasteiger partial charge >= 0.3 is 24.3 Å². The highest BCUT2D eigenvalue weighted by Gasteiger charge is 2.68. The minimum atomic E-state index is -5.08. The predicted molar refractivity (Wildman–Crippen MR) is 49.7 cm³/mol. The number of alkyl halides is 6. The van der Waals surface area contributed by atoms with E-state index in [1.54, 1.807) is 0 Å². The van der Waals surface area contributed by atoms with Gasteiger partial charge in [-0.1, -0.05) is 0 Å². The Balaban J connectivity index is 0.000000246. The van der Waals surface area contributed by atoms with Crippen molar-refractivity contribution in [3.63, 3.8) is 0 Å². The molecule has 1 saturated heterocycles. The van der Waals surface area contributed by atoms with Gasteiger partial charge in [-0.15, -0.1) is 0 Å². The van der Waals surface area contributed by atoms with Gasteiger partial charge in [-0.05, 0) is 12.3 Å². The number of hydrogen-bond donors (Lipinski definition) is 3. The van der Waals surface area contributed by atoms with E-state index < -0.39 is 48.2 Å². The largest absolute Gasteiger partial charge is 0.490 e. The molecule has 1 saturated carbocycles. The molecular formula is C9H9F6NO4. The minimum absolute atomic E-state index is 0.101. The van der Waals surface area contributed by atoms with E-state index >= 15 is 0 Å². The van der Waals surface area contributed by atoms with Crippen LogP contribution in [-0.2, 0) is 9.59 Å². The zero-order valence-electron chi connectivity index (χ0n) is 9.50. The Morgan fingerprint density at radius 3 is 1.70 bits per heavy atom. The van der Waals surface area contributed by atoms with Gasteiger partial charge in [-0.3, -0.25) is 4.79 Å². The summed E-state index contributed by atoms with van der Waals surface area (Å²) in [4.78, 5) is 19.3. The smallest absolute Gasteiger partial charge is 0.480 e. The maximum Gasteiger partial charge on any atom is 0.490 e. The molecule has 0 aromatic heterocycles. The van der Waals surface area contributed by atoms with Crippen LogP contribution in [0.25, 0.3) is 0 Å². The highest BCUT2D eigenvalue weighted by molar-refractivity contribution is 5.74. The molecule has 2 fully saturated rings. The van der Waals surface area contributed by atoms with Gasteiger partial charge in [0.1, 0.15) is 6.04 Å². The molecule has 0 aromatic carbocycles. The zero-order chi connectivity index (χ0) is 15.9. The van der Waals surface area contributed by atoms with Crippen LogP contribution in [-0.4, -0.2) is 46.6 Å². The number of carboxylic acids is 2. The highest BCUT2D eigenvalue weighted by atomic mass is 19.4. The maximum atomic E-state index is 12.1. The van der Waals surface area contributed by atoms with Crippen molar-refractivity contribution >= 4 is 11.9 Å². The second-order valence-electron chi connectivity index (χ2n) is 4.35. The summed E-state index contributed by atoms with van der Waals surface area (Å²) in [6.07, 6.45) is -9.16. The number of hydrogen-bond acceptors (Lipinski definition) is 3. The molecule has 11 heteroatoms. The summed E-state index contributed by atoms with van der Waals surface area (Å²) >= 11 is 0. The van der Waals surface area contributed by atoms with Crippen LogP contribution in [0.15, 0.2) is 0 Å². The van der Waals surface area contributed by atoms with E-state index in [0.29, 0.717) is 0 Å². The Bertz CT molecular complexity index is 394. The molecule has 5 nitrogen and oxygen atoms in total. The van der Waals surface area contributed by atoms with E-state index in [2.05, 4.69) is 5.32 Å². The van der Waals surface area contributed by atoms with Gasteiger partial charge in [0.25, 0.3) is 0 Å². The van der Waals surface area contributed by atoms with Gasteiger partial charge in [0, 0.05) is 6.04 Å². The van der Waals surface area contributed by atoms with E-state index in [1.165, 1.54) is 0 Å². The number of halogens is 6. The Morgan fingerprint density at radius 2 is 1.50 bits per heavy atom. The van der Waals surface area contributed by atoms with Crippen molar-refractivity contribution in [3.05, 3.63) is 0 Å². The van der Waals surface area contributed by atoms with E-state index in [-0.39, 0.29) is 6.42 Å². The average molecular weight is 309 g/mol. The van der Waals surface area contributed by atoms with Crippen LogP contribution in [0.1, 0.15) is 6.42 Å². The molecule has 0 bridgehead atoms. The van der Waals surface area contributed by atoms with Crippen molar-refractivity contribution in [2.75, 3.05) is 0 Å². The average Bonchev–Trinajstić information content (AvgIpc) is 2.75. The number of fused-ring (bicyclic) bond motifs is 1. The van der Waals surface area contributed by atoms with Gasteiger partial charge < -0.3 is 15.5 Å². The first kappa shape index (κ1) is 16.5. The number of carboxylic acid groups (broad SMARTS) is 2. The molecule has 1 aliphatic heterocycles. The van der Waals surface area contributed by atoms with Gasteiger partial charge in [0.15, 0.2) is 0 Å². The van der Waals surface area contributed by atoms with Gasteiger partial charge in [0.05, 0.1) is 5.92 Å². The lowest BCUT2D eigenvalue weighted by atomic mass is 10.1. The van der Waals surface area contributed by atoms with E-state index in [0.717, 1.165) is 0 Å². The standard InChI is InChI=1S/C7H8F3NO2.C2HF3O2/c8-7(9,10)4-2-1-3(6(12)13)11-5(2)4;3-2(4,5)1(6)7/h2-5,11H,1H2,(H,12,13);(H,6,7)/t2-,3-,4-,5-;/m0./s1. The fraction of sp³-hybridized carbons (Fsp3) is 0.778. The molecule has 20 heavy (non-hydrogen) atoms. The van der Waals surface area contributed by atoms with Gasteiger partial charge in [-0.2, -0.15) is 26.3 Å². The summed E-state index contributed by atoms with van der Waals surface area (Å²) in [5, 5.41) is 18.1. The lowest BCUT2D eigenvalue weighted by Gasteiger charge is -2.12. The molecule has 0 spiro atoms. The first-order chi connectivity index (χ1) is 8.85. The maximum absolute atomic E-state index is 12.1. The second-order valence-corrected chi connectivity index (χ2v) is 4.35. The molecule has 2 rings (SSSR count). The molecule has 2 aliphatic rings. The van der Waals surface area contributed by atoms with Gasteiger partial charge in [0.2, 0.25) is 0 Å². The molecular weight excluding hydrogens is 300 g/mol. The Kier molecular flexibility index (Phi) is 4.22. The molecule has 0 radical (unpaired) electrons. The van der Waals surface area contributed by atoms with E-state index in [1.807, 2.05) is 0 Å². The van der Waals surface area contributed by atoms with Crippen molar-refractivity contribution in [1.82, 2.24) is 5.32 Å². The molecule has 0 unspecified atom stereocenters. The highest BCUT2D eigenvalue weighted by Crippen LogP contribution is 2.55. The van der Waals surface area contributed by atoms with Crippen molar-refractivity contribution < 1.29 is 46.1 Å². The van der Waals surface area contributed by atoms with Crippen LogP contribution >= 0.6 is 0 Å². The summed E-state index contributed by atoms with van der Waals surface area (Å²) in [6, 6.07) is -1.44. The molecule has 1 heterocycles. The molecule has 116 valence electrons. The van der Waals surface area contributed by atoms with Crippen molar-refractivity contribution in [2.24, 2.45) is 11.8 Å². The van der Waals surface area contributed by atoms with Crippen LogP contribution in [0.2, 0.25) is 0 Å². The van der Waals surface area contributed by atoms with Crippen molar-refractivity contribution in [3.8, 4) is 0 Å². The van der Waals surface area contributed by atoms with Crippen LogP contribution < -0.4 is 5.32 Å². The lowest BCUT2D eigenvalue weighted by Crippen LogP contribution is -2.37. The normalized spacial score (nSPS) is 31.9. The third kappa shape index (κ3) is 3.74. The van der Waals surface area contributed by atoms with Crippen LogP contribution in [0, 0.1) is 11.8 Å².